The van der Waals surface area contributed by atoms with Gasteiger partial charge in [-0.15, -0.1) is 0 Å². The molecule has 2 aromatic rings. The second-order valence-corrected chi connectivity index (χ2v) is 6.26. The third kappa shape index (κ3) is 2.32. The molecular formula is C18H20N2O2. The summed E-state index contributed by atoms with van der Waals surface area (Å²) in [4.78, 5) is 12.6. The lowest BCUT2D eigenvalue weighted by molar-refractivity contribution is 0.0922. The van der Waals surface area contributed by atoms with Crippen LogP contribution in [0.15, 0.2) is 28.8 Å². The fourth-order valence-electron chi connectivity index (χ4n) is 3.69. The number of aromatic nitrogens is 1. The maximum absolute atomic E-state index is 12.6. The predicted octanol–water partition coefficient (Wildman–Crippen LogP) is 3.36. The number of carbonyl (C=O) groups is 1. The van der Waals surface area contributed by atoms with E-state index in [4.69, 9.17) is 4.52 Å². The first kappa shape index (κ1) is 13.6. The Morgan fingerprint density at radius 2 is 2.00 bits per heavy atom. The highest BCUT2D eigenvalue weighted by Gasteiger charge is 2.27. The van der Waals surface area contributed by atoms with Crippen molar-refractivity contribution in [3.63, 3.8) is 0 Å². The van der Waals surface area contributed by atoms with E-state index < -0.39 is 0 Å². The van der Waals surface area contributed by atoms with Gasteiger partial charge in [0.2, 0.25) is 0 Å². The van der Waals surface area contributed by atoms with E-state index in [1.165, 1.54) is 11.1 Å². The zero-order valence-electron chi connectivity index (χ0n) is 12.6. The highest BCUT2D eigenvalue weighted by Crippen LogP contribution is 2.30. The Balaban J connectivity index is 1.57. The lowest BCUT2D eigenvalue weighted by Gasteiger charge is -2.26. The molecule has 1 unspecified atom stereocenters. The van der Waals surface area contributed by atoms with Crippen LogP contribution in [0.4, 0.5) is 0 Å². The summed E-state index contributed by atoms with van der Waals surface area (Å²) in [7, 11) is 0. The first-order chi connectivity index (χ1) is 10.8. The summed E-state index contributed by atoms with van der Waals surface area (Å²) in [5, 5.41) is 7.20. The lowest BCUT2D eigenvalue weighted by atomic mass is 9.87. The number of nitrogens with one attached hydrogen (secondary N) is 1. The smallest absolute Gasteiger partial charge is 0.274 e. The molecule has 1 amide bonds. The van der Waals surface area contributed by atoms with Gasteiger partial charge in [0.05, 0.1) is 6.04 Å². The quantitative estimate of drug-likeness (QED) is 0.924. The summed E-state index contributed by atoms with van der Waals surface area (Å²) < 4.78 is 5.36. The van der Waals surface area contributed by atoms with E-state index in [9.17, 15) is 4.79 Å². The topological polar surface area (TPSA) is 55.1 Å². The van der Waals surface area contributed by atoms with Crippen LogP contribution >= 0.6 is 0 Å². The van der Waals surface area contributed by atoms with E-state index in [1.54, 1.807) is 0 Å². The van der Waals surface area contributed by atoms with Gasteiger partial charge in [-0.3, -0.25) is 4.79 Å². The Bertz CT molecular complexity index is 705. The summed E-state index contributed by atoms with van der Waals surface area (Å²) in [6.07, 6.45) is 7.24. The van der Waals surface area contributed by atoms with Crippen LogP contribution in [0.3, 0.4) is 0 Å². The van der Waals surface area contributed by atoms with Crippen LogP contribution < -0.4 is 5.32 Å². The average Bonchev–Trinajstić information content (AvgIpc) is 2.99. The normalized spacial score (nSPS) is 20.1. The van der Waals surface area contributed by atoms with Crippen LogP contribution in [0.5, 0.6) is 0 Å². The van der Waals surface area contributed by atoms with E-state index in [1.807, 2.05) is 6.07 Å². The number of carbonyl (C=O) groups excluding carboxylic acids is 1. The van der Waals surface area contributed by atoms with Crippen molar-refractivity contribution >= 4 is 5.91 Å². The second-order valence-electron chi connectivity index (χ2n) is 6.26. The van der Waals surface area contributed by atoms with Crippen LogP contribution in [0.2, 0.25) is 0 Å². The lowest BCUT2D eigenvalue weighted by Crippen LogP contribution is -2.31. The summed E-state index contributed by atoms with van der Waals surface area (Å²) in [5.41, 5.74) is 4.12. The molecule has 0 aliphatic heterocycles. The molecule has 4 nitrogen and oxygen atoms in total. The van der Waals surface area contributed by atoms with Crippen molar-refractivity contribution in [3.05, 3.63) is 52.4 Å². The van der Waals surface area contributed by atoms with Gasteiger partial charge < -0.3 is 9.84 Å². The molecule has 0 radical (unpaired) electrons. The van der Waals surface area contributed by atoms with Gasteiger partial charge in [0.25, 0.3) is 5.91 Å². The van der Waals surface area contributed by atoms with E-state index in [0.717, 1.165) is 56.3 Å². The van der Waals surface area contributed by atoms with Crippen LogP contribution in [0, 0.1) is 0 Å². The second kappa shape index (κ2) is 5.59. The molecule has 114 valence electrons. The van der Waals surface area contributed by atoms with Gasteiger partial charge in [-0.2, -0.15) is 0 Å². The molecule has 0 saturated heterocycles. The Labute approximate surface area is 129 Å². The molecule has 2 aliphatic carbocycles. The van der Waals surface area contributed by atoms with Crippen molar-refractivity contribution in [1.82, 2.24) is 10.5 Å². The molecule has 4 rings (SSSR count). The molecule has 1 heterocycles. The summed E-state index contributed by atoms with van der Waals surface area (Å²) >= 11 is 0. The van der Waals surface area contributed by atoms with E-state index in [0.29, 0.717) is 5.69 Å². The number of nitrogens with zero attached hydrogens (tertiary/aromatic N) is 1. The number of hydrogen-bond acceptors (Lipinski definition) is 3. The number of aryl methyl sites for hydroxylation is 2. The third-order valence-electron chi connectivity index (χ3n) is 4.84. The van der Waals surface area contributed by atoms with Crippen molar-refractivity contribution < 1.29 is 9.32 Å². The zero-order valence-corrected chi connectivity index (χ0v) is 12.6. The van der Waals surface area contributed by atoms with E-state index in [2.05, 4.69) is 28.7 Å². The molecule has 1 aromatic heterocycles. The van der Waals surface area contributed by atoms with Gasteiger partial charge in [0.1, 0.15) is 5.76 Å². The Morgan fingerprint density at radius 1 is 1.14 bits per heavy atom. The Kier molecular flexibility index (Phi) is 3.45. The summed E-state index contributed by atoms with van der Waals surface area (Å²) in [5.74, 6) is 0.814. The van der Waals surface area contributed by atoms with Crippen molar-refractivity contribution in [3.8, 4) is 0 Å². The van der Waals surface area contributed by atoms with Crippen molar-refractivity contribution in [2.24, 2.45) is 0 Å². The molecule has 22 heavy (non-hydrogen) atoms. The van der Waals surface area contributed by atoms with Gasteiger partial charge in [0.15, 0.2) is 5.69 Å². The minimum Gasteiger partial charge on any atom is -0.360 e. The Morgan fingerprint density at radius 3 is 2.95 bits per heavy atom. The van der Waals surface area contributed by atoms with Gasteiger partial charge >= 0.3 is 0 Å². The van der Waals surface area contributed by atoms with Gasteiger partial charge in [-0.05, 0) is 49.7 Å². The molecule has 2 aliphatic rings. The van der Waals surface area contributed by atoms with Crippen LogP contribution in [-0.4, -0.2) is 11.1 Å². The third-order valence-corrected chi connectivity index (χ3v) is 4.84. The summed E-state index contributed by atoms with van der Waals surface area (Å²) in [6.45, 7) is 0. The molecule has 0 spiro atoms. The molecule has 0 saturated carbocycles. The van der Waals surface area contributed by atoms with Crippen molar-refractivity contribution in [2.45, 2.75) is 51.0 Å². The van der Waals surface area contributed by atoms with E-state index in [-0.39, 0.29) is 11.9 Å². The molecule has 1 aromatic carbocycles. The standard InChI is InChI=1S/C18H20N2O2/c21-18(17-14-9-3-4-11-16(14)22-20-17)19-15-10-5-7-12-6-1-2-8-13(12)15/h1-2,6,8,15H,3-5,7,9-11H2,(H,19,21). The molecule has 4 heteroatoms. The molecule has 1 N–H and O–H groups in total. The van der Waals surface area contributed by atoms with Gasteiger partial charge in [-0.1, -0.05) is 29.4 Å². The zero-order chi connectivity index (χ0) is 14.9. The highest BCUT2D eigenvalue weighted by atomic mass is 16.5. The maximum atomic E-state index is 12.6. The van der Waals surface area contributed by atoms with Crippen LogP contribution in [0.1, 0.15) is 64.7 Å². The van der Waals surface area contributed by atoms with Crippen molar-refractivity contribution in [1.29, 1.82) is 0 Å². The van der Waals surface area contributed by atoms with E-state index >= 15 is 0 Å². The fourth-order valence-corrected chi connectivity index (χ4v) is 3.69. The fraction of sp³-hybridized carbons (Fsp3) is 0.444. The summed E-state index contributed by atoms with van der Waals surface area (Å²) in [6, 6.07) is 8.48. The minimum atomic E-state index is -0.0893. The molecular weight excluding hydrogens is 276 g/mol. The van der Waals surface area contributed by atoms with Crippen LogP contribution in [-0.2, 0) is 19.3 Å². The minimum absolute atomic E-state index is 0.0893. The van der Waals surface area contributed by atoms with Gasteiger partial charge in [0, 0.05) is 12.0 Å². The molecule has 1 atom stereocenters. The molecule has 0 fully saturated rings. The average molecular weight is 296 g/mol. The first-order valence-electron chi connectivity index (χ1n) is 8.19. The Hall–Kier alpha value is -2.10. The number of amides is 1. The van der Waals surface area contributed by atoms with Gasteiger partial charge in [-0.25, -0.2) is 0 Å². The van der Waals surface area contributed by atoms with Crippen molar-refractivity contribution in [2.75, 3.05) is 0 Å². The predicted molar refractivity (Wildman–Crippen MR) is 82.7 cm³/mol. The highest BCUT2D eigenvalue weighted by molar-refractivity contribution is 5.94. The number of hydrogen-bond donors (Lipinski definition) is 1. The molecule has 0 bridgehead atoms. The number of rotatable bonds is 2. The number of fused-ring (bicyclic) bond motifs is 2. The monoisotopic (exact) mass is 296 g/mol. The van der Waals surface area contributed by atoms with Crippen LogP contribution in [0.25, 0.3) is 0 Å². The SMILES string of the molecule is O=C(NC1CCCc2ccccc21)c1noc2c1CCCC2. The largest absolute Gasteiger partial charge is 0.360 e. The maximum Gasteiger partial charge on any atom is 0.274 e. The number of benzene rings is 1. The first-order valence-corrected chi connectivity index (χ1v) is 8.19.